The normalized spacial score (nSPS) is 15.2. The van der Waals surface area contributed by atoms with E-state index in [9.17, 15) is 4.79 Å². The van der Waals surface area contributed by atoms with Gasteiger partial charge in [-0.3, -0.25) is 14.8 Å². The van der Waals surface area contributed by atoms with Crippen LogP contribution in [-0.2, 0) is 6.54 Å². The van der Waals surface area contributed by atoms with Gasteiger partial charge < -0.3 is 0 Å². The van der Waals surface area contributed by atoms with Gasteiger partial charge in [0.05, 0.1) is 12.2 Å². The van der Waals surface area contributed by atoms with Gasteiger partial charge in [0.2, 0.25) is 0 Å². The molecule has 3 heterocycles. The Labute approximate surface area is 142 Å². The first-order valence-corrected chi connectivity index (χ1v) is 8.47. The molecule has 0 atom stereocenters. The summed E-state index contributed by atoms with van der Waals surface area (Å²) in [5, 5.41) is 4.14. The molecular weight excluding hydrogens is 343 g/mol. The SMILES string of the molecule is O=C(c1snc(Cl)c1Cl)N(Cc1ccccn1)N1CCCC1. The Bertz CT molecular complexity index is 658. The van der Waals surface area contributed by atoms with E-state index < -0.39 is 0 Å². The highest BCUT2D eigenvalue weighted by Crippen LogP contribution is 2.30. The molecule has 1 aliphatic heterocycles. The lowest BCUT2D eigenvalue weighted by atomic mass is 10.3. The Morgan fingerprint density at radius 1 is 1.32 bits per heavy atom. The molecule has 0 aromatic carbocycles. The molecule has 0 radical (unpaired) electrons. The molecule has 0 aliphatic carbocycles. The summed E-state index contributed by atoms with van der Waals surface area (Å²) in [7, 11) is 0. The quantitative estimate of drug-likeness (QED) is 0.840. The van der Waals surface area contributed by atoms with Crippen LogP contribution >= 0.6 is 34.7 Å². The Morgan fingerprint density at radius 2 is 2.09 bits per heavy atom. The molecule has 1 fully saturated rings. The zero-order valence-electron chi connectivity index (χ0n) is 11.7. The van der Waals surface area contributed by atoms with Gasteiger partial charge >= 0.3 is 0 Å². The molecule has 0 N–H and O–H groups in total. The molecule has 8 heteroatoms. The van der Waals surface area contributed by atoms with Crippen molar-refractivity contribution >= 4 is 40.6 Å². The van der Waals surface area contributed by atoms with E-state index in [0.29, 0.717) is 11.4 Å². The van der Waals surface area contributed by atoms with Gasteiger partial charge in [-0.15, -0.1) is 0 Å². The van der Waals surface area contributed by atoms with Crippen molar-refractivity contribution in [3.8, 4) is 0 Å². The molecule has 1 amide bonds. The molecule has 2 aromatic heterocycles. The van der Waals surface area contributed by atoms with Gasteiger partial charge in [0.25, 0.3) is 5.91 Å². The lowest BCUT2D eigenvalue weighted by Gasteiger charge is -2.31. The van der Waals surface area contributed by atoms with E-state index >= 15 is 0 Å². The van der Waals surface area contributed by atoms with E-state index in [2.05, 4.69) is 9.36 Å². The van der Waals surface area contributed by atoms with E-state index in [0.717, 1.165) is 43.2 Å². The fraction of sp³-hybridized carbons (Fsp3) is 0.357. The van der Waals surface area contributed by atoms with Gasteiger partial charge in [-0.25, -0.2) is 5.01 Å². The van der Waals surface area contributed by atoms with Crippen LogP contribution in [0.25, 0.3) is 0 Å². The zero-order chi connectivity index (χ0) is 15.5. The predicted octanol–water partition coefficient (Wildman–Crippen LogP) is 3.50. The van der Waals surface area contributed by atoms with E-state index in [-0.39, 0.29) is 16.1 Å². The average Bonchev–Trinajstić information content (AvgIpc) is 3.17. The maximum absolute atomic E-state index is 12.9. The van der Waals surface area contributed by atoms with Crippen molar-refractivity contribution in [1.29, 1.82) is 0 Å². The minimum atomic E-state index is -0.179. The summed E-state index contributed by atoms with van der Waals surface area (Å²) in [6.45, 7) is 2.11. The van der Waals surface area contributed by atoms with Crippen LogP contribution in [0.3, 0.4) is 0 Å². The summed E-state index contributed by atoms with van der Waals surface area (Å²) in [5.74, 6) is -0.179. The maximum atomic E-state index is 12.9. The molecule has 0 spiro atoms. The fourth-order valence-electron chi connectivity index (χ4n) is 2.40. The number of hydrazine groups is 1. The monoisotopic (exact) mass is 356 g/mol. The first kappa shape index (κ1) is 15.7. The number of amides is 1. The highest BCUT2D eigenvalue weighted by molar-refractivity contribution is 7.09. The third kappa shape index (κ3) is 3.25. The lowest BCUT2D eigenvalue weighted by molar-refractivity contribution is -0.00114. The van der Waals surface area contributed by atoms with E-state index in [4.69, 9.17) is 23.2 Å². The largest absolute Gasteiger partial charge is 0.281 e. The molecule has 0 bridgehead atoms. The molecule has 3 rings (SSSR count). The molecular formula is C14H14Cl2N4OS. The van der Waals surface area contributed by atoms with Crippen molar-refractivity contribution < 1.29 is 4.79 Å². The van der Waals surface area contributed by atoms with Gasteiger partial charge in [-0.05, 0) is 36.5 Å². The number of rotatable bonds is 4. The Kier molecular flexibility index (Phi) is 4.93. The Hall–Kier alpha value is -1.21. The first-order chi connectivity index (χ1) is 10.7. The van der Waals surface area contributed by atoms with Crippen molar-refractivity contribution in [1.82, 2.24) is 19.4 Å². The second kappa shape index (κ2) is 6.91. The number of hydrogen-bond donors (Lipinski definition) is 0. The van der Waals surface area contributed by atoms with Crippen LogP contribution in [0.1, 0.15) is 28.2 Å². The van der Waals surface area contributed by atoms with Crippen molar-refractivity contribution in [2.45, 2.75) is 19.4 Å². The van der Waals surface area contributed by atoms with Gasteiger partial charge in [0.1, 0.15) is 9.90 Å². The Morgan fingerprint density at radius 3 is 2.68 bits per heavy atom. The highest BCUT2D eigenvalue weighted by Gasteiger charge is 2.29. The van der Waals surface area contributed by atoms with Gasteiger partial charge in [0.15, 0.2) is 5.15 Å². The zero-order valence-corrected chi connectivity index (χ0v) is 14.0. The van der Waals surface area contributed by atoms with Crippen LogP contribution in [0.4, 0.5) is 0 Å². The lowest BCUT2D eigenvalue weighted by Crippen LogP contribution is -2.44. The summed E-state index contributed by atoms with van der Waals surface area (Å²) < 4.78 is 3.95. The third-order valence-electron chi connectivity index (χ3n) is 3.49. The second-order valence-corrected chi connectivity index (χ2v) is 6.47. The van der Waals surface area contributed by atoms with Crippen molar-refractivity contribution in [2.24, 2.45) is 0 Å². The third-order valence-corrected chi connectivity index (χ3v) is 5.27. The predicted molar refractivity (Wildman–Crippen MR) is 87.1 cm³/mol. The van der Waals surface area contributed by atoms with Crippen LogP contribution in [-0.4, -0.2) is 38.4 Å². The number of hydrogen-bond acceptors (Lipinski definition) is 5. The fourth-order valence-corrected chi connectivity index (χ4v) is 3.55. The van der Waals surface area contributed by atoms with Crippen molar-refractivity contribution in [3.63, 3.8) is 0 Å². The smallest absolute Gasteiger partial charge is 0.267 e. The number of nitrogens with zero attached hydrogens (tertiary/aromatic N) is 4. The number of pyridine rings is 1. The molecule has 116 valence electrons. The summed E-state index contributed by atoms with van der Waals surface area (Å²) >= 11 is 13.0. The maximum Gasteiger partial charge on any atom is 0.281 e. The minimum absolute atomic E-state index is 0.175. The topological polar surface area (TPSA) is 49.3 Å². The molecule has 1 aliphatic rings. The number of aromatic nitrogens is 2. The summed E-state index contributed by atoms with van der Waals surface area (Å²) in [5.41, 5.74) is 0.828. The molecule has 0 unspecified atom stereocenters. The van der Waals surface area contributed by atoms with Gasteiger partial charge in [-0.1, -0.05) is 29.3 Å². The highest BCUT2D eigenvalue weighted by atomic mass is 35.5. The van der Waals surface area contributed by atoms with Crippen LogP contribution in [0, 0.1) is 0 Å². The summed E-state index contributed by atoms with van der Waals surface area (Å²) in [6, 6.07) is 5.66. The van der Waals surface area contributed by atoms with E-state index in [1.807, 2.05) is 23.2 Å². The van der Waals surface area contributed by atoms with Gasteiger partial charge in [-0.2, -0.15) is 4.37 Å². The Balaban J connectivity index is 1.87. The number of carbonyl (C=O) groups is 1. The molecule has 0 saturated carbocycles. The summed E-state index contributed by atoms with van der Waals surface area (Å²) in [4.78, 5) is 17.5. The number of halogens is 2. The van der Waals surface area contributed by atoms with Crippen LogP contribution in [0.5, 0.6) is 0 Å². The second-order valence-electron chi connectivity index (χ2n) is 4.96. The van der Waals surface area contributed by atoms with Gasteiger partial charge in [0, 0.05) is 19.3 Å². The molecule has 5 nitrogen and oxygen atoms in total. The van der Waals surface area contributed by atoms with E-state index in [1.54, 1.807) is 11.2 Å². The van der Waals surface area contributed by atoms with E-state index in [1.165, 1.54) is 0 Å². The number of carbonyl (C=O) groups excluding carboxylic acids is 1. The molecule has 1 saturated heterocycles. The van der Waals surface area contributed by atoms with Crippen LogP contribution in [0.2, 0.25) is 10.2 Å². The molecule has 2 aromatic rings. The minimum Gasteiger partial charge on any atom is -0.267 e. The average molecular weight is 357 g/mol. The van der Waals surface area contributed by atoms with Crippen molar-refractivity contribution in [3.05, 3.63) is 45.1 Å². The van der Waals surface area contributed by atoms with Crippen LogP contribution < -0.4 is 0 Å². The first-order valence-electron chi connectivity index (χ1n) is 6.94. The molecule has 22 heavy (non-hydrogen) atoms. The summed E-state index contributed by atoms with van der Waals surface area (Å²) in [6.07, 6.45) is 3.87. The van der Waals surface area contributed by atoms with Crippen molar-refractivity contribution in [2.75, 3.05) is 13.1 Å². The van der Waals surface area contributed by atoms with Crippen LogP contribution in [0.15, 0.2) is 24.4 Å². The standard InChI is InChI=1S/C14H14Cl2N4OS/c15-11-12(22-18-13(11)16)14(21)20(19-7-3-4-8-19)9-10-5-1-2-6-17-10/h1-2,5-6H,3-4,7-9H2.